The van der Waals surface area contributed by atoms with E-state index in [9.17, 15) is 4.79 Å². The van der Waals surface area contributed by atoms with Gasteiger partial charge in [-0.25, -0.2) is 0 Å². The van der Waals surface area contributed by atoms with Crippen LogP contribution in [0.1, 0.15) is 38.2 Å². The Kier molecular flexibility index (Phi) is 5.48. The second-order valence-corrected chi connectivity index (χ2v) is 8.43. The zero-order valence-electron chi connectivity index (χ0n) is 15.5. The summed E-state index contributed by atoms with van der Waals surface area (Å²) >= 11 is 1.62. The molecular weight excluding hydrogens is 354 g/mol. The van der Waals surface area contributed by atoms with Crippen LogP contribution in [0.3, 0.4) is 0 Å². The van der Waals surface area contributed by atoms with Crippen LogP contribution in [0, 0.1) is 5.92 Å². The molecule has 1 N–H and O–H groups in total. The number of aromatic nitrogens is 1. The molecule has 0 bridgehead atoms. The molecule has 2 fully saturated rings. The van der Waals surface area contributed by atoms with E-state index in [0.29, 0.717) is 12.0 Å². The molecule has 5 heteroatoms. The van der Waals surface area contributed by atoms with Crippen LogP contribution in [0.15, 0.2) is 59.8 Å². The molecule has 0 radical (unpaired) electrons. The highest BCUT2D eigenvalue weighted by Gasteiger charge is 2.42. The number of thioether (sulfide) groups is 1. The Morgan fingerprint density at radius 2 is 1.85 bits per heavy atom. The van der Waals surface area contributed by atoms with Gasteiger partial charge in [-0.05, 0) is 54.7 Å². The minimum atomic E-state index is -0.0708. The lowest BCUT2D eigenvalue weighted by Crippen LogP contribution is -2.48. The molecule has 1 saturated heterocycles. The van der Waals surface area contributed by atoms with Gasteiger partial charge in [0.25, 0.3) is 5.91 Å². The fraction of sp³-hybridized carbons (Fsp3) is 0.364. The second-order valence-electron chi connectivity index (χ2n) is 7.31. The maximum absolute atomic E-state index is 13.3. The lowest BCUT2D eigenvalue weighted by Gasteiger charge is -2.39. The van der Waals surface area contributed by atoms with Crippen molar-refractivity contribution < 1.29 is 4.79 Å². The van der Waals surface area contributed by atoms with Crippen molar-refractivity contribution in [2.75, 3.05) is 5.32 Å². The van der Waals surface area contributed by atoms with Crippen LogP contribution < -0.4 is 5.32 Å². The lowest BCUT2D eigenvalue weighted by atomic mass is 9.85. The van der Waals surface area contributed by atoms with Crippen LogP contribution in [0.25, 0.3) is 6.08 Å². The summed E-state index contributed by atoms with van der Waals surface area (Å²) in [5.41, 5.74) is 1.98. The van der Waals surface area contributed by atoms with E-state index in [1.54, 1.807) is 24.2 Å². The van der Waals surface area contributed by atoms with Gasteiger partial charge < -0.3 is 10.2 Å². The van der Waals surface area contributed by atoms with Crippen LogP contribution in [0.2, 0.25) is 0 Å². The van der Waals surface area contributed by atoms with Crippen LogP contribution in [0.5, 0.6) is 0 Å². The number of nitrogens with zero attached hydrogens (tertiary/aromatic N) is 2. The standard InChI is InChI=1S/C22H25N3OS/c1-16-7-5-6-10-19(16)25-21(26)20(15-17-11-13-23-14-12-17)27-22(25)24-18-8-3-2-4-9-18/h2-4,8-9,11-16,19,22,24H,5-7,10H2,1H3/b20-15-/t16-,19+,22?/m1/s1. The van der Waals surface area contributed by atoms with E-state index in [1.807, 2.05) is 36.4 Å². The predicted octanol–water partition coefficient (Wildman–Crippen LogP) is 4.97. The molecule has 1 saturated carbocycles. The number of carbonyl (C=O) groups is 1. The van der Waals surface area contributed by atoms with Gasteiger partial charge in [0.15, 0.2) is 5.50 Å². The summed E-state index contributed by atoms with van der Waals surface area (Å²) in [4.78, 5) is 20.3. The van der Waals surface area contributed by atoms with Crippen molar-refractivity contribution in [1.29, 1.82) is 0 Å². The van der Waals surface area contributed by atoms with Crippen molar-refractivity contribution in [3.63, 3.8) is 0 Å². The van der Waals surface area contributed by atoms with Gasteiger partial charge >= 0.3 is 0 Å². The van der Waals surface area contributed by atoms with E-state index >= 15 is 0 Å². The van der Waals surface area contributed by atoms with Gasteiger partial charge in [-0.15, -0.1) is 0 Å². The summed E-state index contributed by atoms with van der Waals surface area (Å²) in [6, 6.07) is 14.3. The number of hydrogen-bond donors (Lipinski definition) is 1. The minimum absolute atomic E-state index is 0.0708. The zero-order chi connectivity index (χ0) is 18.6. The average Bonchev–Trinajstić information content (AvgIpc) is 2.99. The Morgan fingerprint density at radius 1 is 1.11 bits per heavy atom. The molecule has 1 amide bonds. The molecule has 140 valence electrons. The van der Waals surface area contributed by atoms with Gasteiger partial charge in [-0.1, -0.05) is 49.7 Å². The summed E-state index contributed by atoms with van der Waals surface area (Å²) in [5.74, 6) is 0.674. The van der Waals surface area contributed by atoms with Crippen molar-refractivity contribution in [1.82, 2.24) is 9.88 Å². The number of amides is 1. The summed E-state index contributed by atoms with van der Waals surface area (Å²) in [7, 11) is 0. The Morgan fingerprint density at radius 3 is 2.59 bits per heavy atom. The molecule has 1 aromatic carbocycles. The first-order chi connectivity index (χ1) is 13.2. The molecule has 1 aromatic heterocycles. The van der Waals surface area contributed by atoms with Crippen molar-refractivity contribution in [2.24, 2.45) is 5.92 Å². The SMILES string of the molecule is C[C@@H]1CCCC[C@@H]1N1C(=O)/C(=C/c2ccncc2)SC1Nc1ccccc1. The lowest BCUT2D eigenvalue weighted by molar-refractivity contribution is -0.129. The predicted molar refractivity (Wildman–Crippen MR) is 112 cm³/mol. The number of benzene rings is 1. The van der Waals surface area contributed by atoms with E-state index < -0.39 is 0 Å². The molecule has 3 atom stereocenters. The molecule has 1 aliphatic carbocycles. The van der Waals surface area contributed by atoms with Crippen LogP contribution in [-0.2, 0) is 4.79 Å². The highest BCUT2D eigenvalue weighted by atomic mass is 32.2. The fourth-order valence-electron chi connectivity index (χ4n) is 3.98. The molecule has 2 aliphatic rings. The Balaban J connectivity index is 1.64. The zero-order valence-corrected chi connectivity index (χ0v) is 16.4. The second kappa shape index (κ2) is 8.17. The van der Waals surface area contributed by atoms with Crippen molar-refractivity contribution >= 4 is 29.4 Å². The number of anilines is 1. The highest BCUT2D eigenvalue weighted by Crippen LogP contribution is 2.42. The van der Waals surface area contributed by atoms with Gasteiger partial charge in [-0.3, -0.25) is 9.78 Å². The fourth-order valence-corrected chi connectivity index (χ4v) is 5.19. The Bertz CT molecular complexity index is 809. The monoisotopic (exact) mass is 379 g/mol. The Hall–Kier alpha value is -2.27. The van der Waals surface area contributed by atoms with E-state index in [2.05, 4.69) is 34.3 Å². The third-order valence-corrected chi connectivity index (χ3v) is 6.54. The quantitative estimate of drug-likeness (QED) is 0.762. The highest BCUT2D eigenvalue weighted by molar-refractivity contribution is 8.05. The largest absolute Gasteiger partial charge is 0.356 e. The molecule has 0 spiro atoms. The van der Waals surface area contributed by atoms with Crippen molar-refractivity contribution in [3.8, 4) is 0 Å². The van der Waals surface area contributed by atoms with Gasteiger partial charge in [0.05, 0.1) is 4.91 Å². The molecule has 2 aromatic rings. The van der Waals surface area contributed by atoms with E-state index in [-0.39, 0.29) is 11.4 Å². The first-order valence-corrected chi connectivity index (χ1v) is 10.5. The molecule has 2 heterocycles. The Labute approximate surface area is 165 Å². The van der Waals surface area contributed by atoms with Gasteiger partial charge in [0.2, 0.25) is 0 Å². The van der Waals surface area contributed by atoms with Crippen LogP contribution in [0.4, 0.5) is 5.69 Å². The smallest absolute Gasteiger partial charge is 0.262 e. The number of pyridine rings is 1. The maximum atomic E-state index is 13.3. The molecule has 1 unspecified atom stereocenters. The topological polar surface area (TPSA) is 45.2 Å². The van der Waals surface area contributed by atoms with Crippen molar-refractivity contribution in [3.05, 3.63) is 65.3 Å². The number of rotatable bonds is 4. The van der Waals surface area contributed by atoms with Gasteiger partial charge in [0, 0.05) is 24.1 Å². The number of carbonyl (C=O) groups excluding carboxylic acids is 1. The van der Waals surface area contributed by atoms with E-state index in [0.717, 1.165) is 22.6 Å². The average molecular weight is 380 g/mol. The normalized spacial score (nSPS) is 27.1. The van der Waals surface area contributed by atoms with E-state index in [4.69, 9.17) is 0 Å². The summed E-state index contributed by atoms with van der Waals surface area (Å²) in [6.45, 7) is 2.28. The maximum Gasteiger partial charge on any atom is 0.262 e. The summed E-state index contributed by atoms with van der Waals surface area (Å²) in [6.07, 6.45) is 10.3. The molecule has 4 nitrogen and oxygen atoms in total. The van der Waals surface area contributed by atoms with Gasteiger partial charge in [-0.2, -0.15) is 0 Å². The van der Waals surface area contributed by atoms with Crippen molar-refractivity contribution in [2.45, 2.75) is 44.1 Å². The molecular formula is C22H25N3OS. The summed E-state index contributed by atoms with van der Waals surface area (Å²) < 4.78 is 0. The van der Waals surface area contributed by atoms with Gasteiger partial charge in [0.1, 0.15) is 0 Å². The first-order valence-electron chi connectivity index (χ1n) is 9.65. The third-order valence-electron chi connectivity index (χ3n) is 5.43. The number of nitrogens with one attached hydrogen (secondary N) is 1. The number of hydrogen-bond acceptors (Lipinski definition) is 4. The third kappa shape index (κ3) is 4.03. The number of para-hydroxylation sites is 1. The molecule has 1 aliphatic heterocycles. The van der Waals surface area contributed by atoms with Crippen LogP contribution in [-0.4, -0.2) is 27.3 Å². The molecule has 27 heavy (non-hydrogen) atoms. The van der Waals surface area contributed by atoms with Crippen LogP contribution >= 0.6 is 11.8 Å². The minimum Gasteiger partial charge on any atom is -0.356 e. The first kappa shape index (κ1) is 18.1. The summed E-state index contributed by atoms with van der Waals surface area (Å²) in [5, 5.41) is 3.57. The van der Waals surface area contributed by atoms with E-state index in [1.165, 1.54) is 19.3 Å². The molecule has 4 rings (SSSR count).